The van der Waals surface area contributed by atoms with Crippen molar-refractivity contribution in [1.82, 2.24) is 19.5 Å². The number of aliphatic hydroxyl groups excluding tert-OH is 3. The Labute approximate surface area is 112 Å². The molecule has 9 heteroatoms. The third-order valence-electron chi connectivity index (χ3n) is 3.14. The van der Waals surface area contributed by atoms with Crippen LogP contribution < -0.4 is 0 Å². The van der Waals surface area contributed by atoms with Gasteiger partial charge < -0.3 is 25.0 Å². The van der Waals surface area contributed by atoms with Crippen molar-refractivity contribution >= 4 is 23.4 Å². The normalized spacial score (nSPS) is 31.1. The summed E-state index contributed by atoms with van der Waals surface area (Å²) in [5.74, 6) is 0. The summed E-state index contributed by atoms with van der Waals surface area (Å²) in [6.45, 7) is -0.376. The standard InChI is InChI=1S/C10H12N4O4S/c15-2-5-6(16)7(17)9(18-5)14-3-12-4-1-11-10(19)13-8(4)14/h1,3,5-7,9,15-17H,2H2,(H,11,13,19). The number of imidazole rings is 1. The van der Waals surface area contributed by atoms with Crippen molar-refractivity contribution in [2.24, 2.45) is 0 Å². The number of nitrogens with zero attached hydrogens (tertiary/aromatic N) is 3. The number of aliphatic hydroxyl groups is 3. The Kier molecular flexibility index (Phi) is 3.07. The first-order chi connectivity index (χ1) is 9.11. The second kappa shape index (κ2) is 4.62. The second-order valence-electron chi connectivity index (χ2n) is 4.30. The van der Waals surface area contributed by atoms with Crippen LogP contribution in [-0.2, 0) is 4.74 Å². The van der Waals surface area contributed by atoms with Gasteiger partial charge in [-0.15, -0.1) is 0 Å². The van der Waals surface area contributed by atoms with Gasteiger partial charge in [0.05, 0.1) is 19.1 Å². The highest BCUT2D eigenvalue weighted by atomic mass is 32.1. The average Bonchev–Trinajstić information content (AvgIpc) is 2.92. The molecule has 1 saturated heterocycles. The number of hydrogen-bond donors (Lipinski definition) is 4. The largest absolute Gasteiger partial charge is 0.394 e. The highest BCUT2D eigenvalue weighted by Gasteiger charge is 2.43. The van der Waals surface area contributed by atoms with Crippen LogP contribution in [0, 0.1) is 4.77 Å². The number of aromatic nitrogens is 4. The molecular formula is C10H12N4O4S. The molecule has 1 fully saturated rings. The van der Waals surface area contributed by atoms with Crippen molar-refractivity contribution in [2.45, 2.75) is 24.5 Å². The molecule has 3 rings (SSSR count). The SMILES string of the molecule is OCC1OC(n2cnc3cnc(=S)[nH]c32)C(O)C1O. The molecule has 4 N–H and O–H groups in total. The number of nitrogens with one attached hydrogen (secondary N) is 1. The molecule has 0 aliphatic carbocycles. The van der Waals surface area contributed by atoms with E-state index in [9.17, 15) is 10.2 Å². The van der Waals surface area contributed by atoms with Crippen LogP contribution in [0.4, 0.5) is 0 Å². The Bertz CT molecular complexity index is 656. The lowest BCUT2D eigenvalue weighted by Crippen LogP contribution is -2.33. The van der Waals surface area contributed by atoms with Crippen LogP contribution in [0.2, 0.25) is 0 Å². The minimum absolute atomic E-state index is 0.279. The lowest BCUT2D eigenvalue weighted by atomic mass is 10.1. The Morgan fingerprint density at radius 3 is 2.84 bits per heavy atom. The lowest BCUT2D eigenvalue weighted by Gasteiger charge is -2.16. The van der Waals surface area contributed by atoms with Crippen LogP contribution in [0.25, 0.3) is 11.2 Å². The van der Waals surface area contributed by atoms with Crippen molar-refractivity contribution in [2.75, 3.05) is 6.61 Å². The minimum Gasteiger partial charge on any atom is -0.394 e. The molecule has 4 atom stereocenters. The van der Waals surface area contributed by atoms with E-state index >= 15 is 0 Å². The van der Waals surface area contributed by atoms with E-state index in [-0.39, 0.29) is 11.4 Å². The maximum Gasteiger partial charge on any atom is 0.198 e. The third-order valence-corrected chi connectivity index (χ3v) is 3.35. The molecule has 0 radical (unpaired) electrons. The van der Waals surface area contributed by atoms with Gasteiger partial charge in [0.25, 0.3) is 0 Å². The third kappa shape index (κ3) is 1.95. The maximum atomic E-state index is 9.97. The Hall–Kier alpha value is -1.39. The van der Waals surface area contributed by atoms with E-state index in [1.807, 2.05) is 0 Å². The van der Waals surface area contributed by atoms with Gasteiger partial charge in [0.15, 0.2) is 11.0 Å². The zero-order chi connectivity index (χ0) is 13.6. The molecule has 0 spiro atoms. The molecule has 2 aromatic rings. The van der Waals surface area contributed by atoms with Gasteiger partial charge in [-0.25, -0.2) is 9.97 Å². The highest BCUT2D eigenvalue weighted by molar-refractivity contribution is 7.71. The summed E-state index contributed by atoms with van der Waals surface area (Å²) in [6.07, 6.45) is -1.03. The zero-order valence-corrected chi connectivity index (χ0v) is 10.5. The van der Waals surface area contributed by atoms with E-state index in [0.717, 1.165) is 0 Å². The van der Waals surface area contributed by atoms with E-state index in [2.05, 4.69) is 15.0 Å². The first-order valence-electron chi connectivity index (χ1n) is 5.66. The molecule has 1 aliphatic heterocycles. The fourth-order valence-electron chi connectivity index (χ4n) is 2.15. The van der Waals surface area contributed by atoms with Crippen molar-refractivity contribution in [3.05, 3.63) is 17.3 Å². The van der Waals surface area contributed by atoms with E-state index in [4.69, 9.17) is 22.1 Å². The van der Waals surface area contributed by atoms with Crippen LogP contribution >= 0.6 is 12.2 Å². The summed E-state index contributed by atoms with van der Waals surface area (Å²) in [7, 11) is 0. The number of hydrogen-bond acceptors (Lipinski definition) is 7. The molecule has 4 unspecified atom stereocenters. The minimum atomic E-state index is -1.16. The molecule has 0 saturated carbocycles. The van der Waals surface area contributed by atoms with Gasteiger partial charge in [0.2, 0.25) is 0 Å². The Morgan fingerprint density at radius 1 is 1.37 bits per heavy atom. The van der Waals surface area contributed by atoms with Crippen LogP contribution in [0.1, 0.15) is 6.23 Å². The molecular weight excluding hydrogens is 272 g/mol. The molecule has 2 aromatic heterocycles. The molecule has 8 nitrogen and oxygen atoms in total. The van der Waals surface area contributed by atoms with E-state index in [1.54, 1.807) is 0 Å². The number of rotatable bonds is 2. The molecule has 1 aliphatic rings. The monoisotopic (exact) mass is 284 g/mol. The van der Waals surface area contributed by atoms with Crippen molar-refractivity contribution in [1.29, 1.82) is 0 Å². The van der Waals surface area contributed by atoms with Crippen LogP contribution in [0.15, 0.2) is 12.5 Å². The number of ether oxygens (including phenoxy) is 1. The van der Waals surface area contributed by atoms with Gasteiger partial charge in [-0.3, -0.25) is 4.57 Å². The first-order valence-corrected chi connectivity index (χ1v) is 6.07. The maximum absolute atomic E-state index is 9.97. The van der Waals surface area contributed by atoms with Crippen molar-refractivity contribution < 1.29 is 20.1 Å². The second-order valence-corrected chi connectivity index (χ2v) is 4.69. The lowest BCUT2D eigenvalue weighted by molar-refractivity contribution is -0.0511. The Morgan fingerprint density at radius 2 is 2.16 bits per heavy atom. The number of aromatic amines is 1. The van der Waals surface area contributed by atoms with Crippen molar-refractivity contribution in [3.63, 3.8) is 0 Å². The summed E-state index contributed by atoms with van der Waals surface area (Å²) in [5, 5.41) is 28.8. The van der Waals surface area contributed by atoms with Gasteiger partial charge in [-0.2, -0.15) is 0 Å². The zero-order valence-electron chi connectivity index (χ0n) is 9.67. The predicted molar refractivity (Wildman–Crippen MR) is 65.7 cm³/mol. The first kappa shape index (κ1) is 12.6. The Balaban J connectivity index is 2.05. The fraction of sp³-hybridized carbons (Fsp3) is 0.500. The van der Waals surface area contributed by atoms with Crippen LogP contribution in [-0.4, -0.2) is 59.8 Å². The summed E-state index contributed by atoms with van der Waals surface area (Å²) in [5.41, 5.74) is 1.10. The number of fused-ring (bicyclic) bond motifs is 1. The molecule has 3 heterocycles. The molecule has 0 aromatic carbocycles. The molecule has 0 amide bonds. The molecule has 0 bridgehead atoms. The highest BCUT2D eigenvalue weighted by Crippen LogP contribution is 2.30. The van der Waals surface area contributed by atoms with E-state index < -0.39 is 24.5 Å². The molecule has 102 valence electrons. The average molecular weight is 284 g/mol. The van der Waals surface area contributed by atoms with Crippen molar-refractivity contribution in [3.8, 4) is 0 Å². The van der Waals surface area contributed by atoms with Gasteiger partial charge in [-0.1, -0.05) is 0 Å². The predicted octanol–water partition coefficient (Wildman–Crippen LogP) is -0.900. The summed E-state index contributed by atoms with van der Waals surface area (Å²) in [4.78, 5) is 10.9. The number of H-pyrrole nitrogens is 1. The van der Waals surface area contributed by atoms with Gasteiger partial charge in [0.1, 0.15) is 29.5 Å². The van der Waals surface area contributed by atoms with Crippen LogP contribution in [0.5, 0.6) is 0 Å². The van der Waals surface area contributed by atoms with E-state index in [0.29, 0.717) is 11.2 Å². The van der Waals surface area contributed by atoms with E-state index in [1.165, 1.54) is 17.1 Å². The van der Waals surface area contributed by atoms with Crippen LogP contribution in [0.3, 0.4) is 0 Å². The fourth-order valence-corrected chi connectivity index (χ4v) is 2.30. The summed E-state index contributed by atoms with van der Waals surface area (Å²) >= 11 is 4.94. The molecule has 19 heavy (non-hydrogen) atoms. The van der Waals surface area contributed by atoms with Gasteiger partial charge in [-0.05, 0) is 12.2 Å². The van der Waals surface area contributed by atoms with Gasteiger partial charge >= 0.3 is 0 Å². The quantitative estimate of drug-likeness (QED) is 0.528. The van der Waals surface area contributed by atoms with Gasteiger partial charge in [0, 0.05) is 0 Å². The summed E-state index contributed by atoms with van der Waals surface area (Å²) in [6, 6.07) is 0. The summed E-state index contributed by atoms with van der Waals surface area (Å²) < 4.78 is 7.23. The topological polar surface area (TPSA) is 116 Å². The smallest absolute Gasteiger partial charge is 0.198 e.